The molecule has 0 aliphatic rings. The van der Waals surface area contributed by atoms with Crippen LogP contribution < -0.4 is 0 Å². The molecule has 0 unspecified atom stereocenters. The smallest absolute Gasteiger partial charge is 0.238 e. The minimum Gasteiger partial charge on any atom is -0.455 e. The molecule has 0 aliphatic carbocycles. The second kappa shape index (κ2) is 37.2. The zero-order valence-electron chi connectivity index (χ0n) is 80.7. The van der Waals surface area contributed by atoms with Gasteiger partial charge in [0.1, 0.15) is 11.2 Å². The van der Waals surface area contributed by atoms with Crippen molar-refractivity contribution in [2.45, 2.75) is 0 Å². The molecule has 14 nitrogen and oxygen atoms in total. The third kappa shape index (κ3) is 15.8. The van der Waals surface area contributed by atoms with Gasteiger partial charge in [-0.1, -0.05) is 394 Å². The van der Waals surface area contributed by atoms with Gasteiger partial charge < -0.3 is 13.6 Å². The molecule has 30 rings (SSSR count). The van der Waals surface area contributed by atoms with Crippen LogP contribution >= 0.6 is 11.3 Å². The van der Waals surface area contributed by atoms with Crippen molar-refractivity contribution in [3.05, 3.63) is 516 Å². The van der Waals surface area contributed by atoms with Gasteiger partial charge in [-0.05, 0) is 160 Å². The molecule has 0 saturated heterocycles. The average Bonchev–Trinajstić information content (AvgIpc) is 1.55. The van der Waals surface area contributed by atoms with Gasteiger partial charge in [0.2, 0.25) is 11.9 Å². The Labute approximate surface area is 865 Å². The molecule has 0 atom stereocenters. The molecule has 0 N–H and O–H groups in total. The highest BCUT2D eigenvalue weighted by molar-refractivity contribution is 7.25. The van der Waals surface area contributed by atoms with E-state index in [0.29, 0.717) is 52.7 Å². The third-order valence-corrected chi connectivity index (χ3v) is 29.6. The predicted octanol–water partition coefficient (Wildman–Crippen LogP) is 34.6. The van der Waals surface area contributed by atoms with Crippen LogP contribution in [-0.2, 0) is 0 Å². The lowest BCUT2D eigenvalue weighted by molar-refractivity contribution is 0.670. The Kier molecular flexibility index (Phi) is 21.8. The number of furan rings is 1. The van der Waals surface area contributed by atoms with E-state index in [2.05, 4.69) is 364 Å². The number of hydrogen-bond acceptors (Lipinski definition) is 11. The Morgan fingerprint density at radius 1 is 0.153 bits per heavy atom. The Hall–Kier alpha value is -20.1. The van der Waals surface area contributed by atoms with Gasteiger partial charge >= 0.3 is 0 Å². The lowest BCUT2D eigenvalue weighted by atomic mass is 10.0. The molecule has 0 amide bonds. The minimum atomic E-state index is 0.560. The number of thiophene rings is 1. The van der Waals surface area contributed by atoms with Gasteiger partial charge in [0, 0.05) is 130 Å². The van der Waals surface area contributed by atoms with Crippen LogP contribution in [0.1, 0.15) is 0 Å². The largest absolute Gasteiger partial charge is 0.455 e. The Balaban J connectivity index is 0.000000108. The first kappa shape index (κ1) is 87.6. The van der Waals surface area contributed by atoms with Gasteiger partial charge in [0.05, 0.1) is 44.1 Å². The fourth-order valence-electron chi connectivity index (χ4n) is 21.4. The Morgan fingerprint density at radius 2 is 0.453 bits per heavy atom. The van der Waals surface area contributed by atoms with Gasteiger partial charge in [-0.3, -0.25) is 9.13 Å². The fourth-order valence-corrected chi connectivity index (χ4v) is 22.5. The molecule has 30 aromatic rings. The summed E-state index contributed by atoms with van der Waals surface area (Å²) in [6.45, 7) is 0. The normalized spacial score (nSPS) is 11.6. The molecule has 21 aromatic carbocycles. The van der Waals surface area contributed by atoms with Crippen molar-refractivity contribution in [1.82, 2.24) is 63.1 Å². The SMILES string of the molecule is c1ccc(-c2cccc(-c3nc(-c4ccccc4)nc(-n4c5ccccc5c5ccc(-c6cccc7c6oc6ccccc67)cc54)n3)c2)cc1.c1ccc(-c2nc(-c3ccccc3)nc(-c3cccc(-n4c5ccccc5c5cc(-c6ccc7sc8ccccc8c7c6)ccc54)c3)n2)cc1.c1ccc(-c2nc(-c3ccccc3)nc(-n3c4ccccc4c4cc(-c5ccc6c(c5)c5ccccc5n6-c5ccccc5)ccc43)n2)cc1. The van der Waals surface area contributed by atoms with E-state index in [0.717, 1.165) is 155 Å². The van der Waals surface area contributed by atoms with Crippen LogP contribution in [0.4, 0.5) is 0 Å². The summed E-state index contributed by atoms with van der Waals surface area (Å²) in [5, 5.41) is 14.3. The van der Waals surface area contributed by atoms with Gasteiger partial charge in [-0.2, -0.15) is 19.9 Å². The minimum absolute atomic E-state index is 0.560. The van der Waals surface area contributed by atoms with E-state index in [9.17, 15) is 0 Å². The second-order valence-electron chi connectivity index (χ2n) is 37.5. The highest BCUT2D eigenvalue weighted by Crippen LogP contribution is 2.46. The molecule has 0 saturated carbocycles. The van der Waals surface area contributed by atoms with Crippen molar-refractivity contribution in [2.75, 3.05) is 0 Å². The maximum Gasteiger partial charge on any atom is 0.238 e. The summed E-state index contributed by atoms with van der Waals surface area (Å²) in [5.41, 5.74) is 28.5. The number of aromatic nitrogens is 13. The van der Waals surface area contributed by atoms with Crippen molar-refractivity contribution in [3.8, 4) is 147 Å². The molecule has 150 heavy (non-hydrogen) atoms. The topological polar surface area (TPSA) is 149 Å². The van der Waals surface area contributed by atoms with Crippen molar-refractivity contribution in [2.24, 2.45) is 0 Å². The first-order valence-corrected chi connectivity index (χ1v) is 51.0. The lowest BCUT2D eigenvalue weighted by Crippen LogP contribution is -2.06. The summed E-state index contributed by atoms with van der Waals surface area (Å²) < 4.78 is 18.1. The van der Waals surface area contributed by atoms with Gasteiger partial charge in [-0.15, -0.1) is 11.3 Å². The van der Waals surface area contributed by atoms with E-state index in [-0.39, 0.29) is 0 Å². The van der Waals surface area contributed by atoms with Crippen molar-refractivity contribution in [1.29, 1.82) is 0 Å². The molecule has 9 heterocycles. The van der Waals surface area contributed by atoms with Crippen LogP contribution in [0.2, 0.25) is 0 Å². The van der Waals surface area contributed by atoms with Crippen LogP contribution in [0.3, 0.4) is 0 Å². The standard InChI is InChI=1S/C45H29N5.C45H28N4O.C45H28N4S/c1-4-14-30(15-5-1)43-46-44(31-16-6-2-7-17-31)48-45(47-43)50-40-23-13-11-21-36(40)38-29-33(25-27-42(38)50)32-24-26-41-37(28-32)35-20-10-12-22-39(35)49(41)34-18-8-3-9-19-34;1-3-13-29(14-4-1)31-17-11-18-33(27-31)44-46-43(30-15-5-2-6-16-30)47-45(48-44)49-39-23-9-7-19-35(39)36-26-25-32(28-40(36)49)34-21-12-22-38-37-20-8-10-24-41(37)50-42(34)38;1-3-12-29(13-4-1)43-46-44(30-14-5-2-6-15-30)48-45(47-43)33-16-11-17-34(26-33)49-39-20-9-7-18-35(39)37-27-31(22-24-40(37)49)32-23-25-42-38(28-32)36-19-8-10-21-41(36)50-42/h1-29H;2*1-28H. The van der Waals surface area contributed by atoms with Gasteiger partial charge in [0.25, 0.3) is 0 Å². The van der Waals surface area contributed by atoms with Crippen LogP contribution in [0.15, 0.2) is 520 Å². The molecule has 0 radical (unpaired) electrons. The summed E-state index contributed by atoms with van der Waals surface area (Å²) >= 11 is 1.85. The Bertz CT molecular complexity index is 10400. The summed E-state index contributed by atoms with van der Waals surface area (Å²) in [5.74, 6) is 5.59. The molecular weight excluding hydrogens is 1850 g/mol. The lowest BCUT2D eigenvalue weighted by Gasteiger charge is -2.12. The van der Waals surface area contributed by atoms with Crippen molar-refractivity contribution < 1.29 is 4.42 Å². The second-order valence-corrected chi connectivity index (χ2v) is 38.5. The number of benzene rings is 21. The van der Waals surface area contributed by atoms with E-state index in [1.165, 1.54) is 69.4 Å². The van der Waals surface area contributed by atoms with Crippen LogP contribution in [0.5, 0.6) is 0 Å². The molecule has 0 spiro atoms. The molecule has 9 aromatic heterocycles. The number of nitrogens with zero attached hydrogens (tertiary/aromatic N) is 13. The van der Waals surface area contributed by atoms with Gasteiger partial charge in [0.15, 0.2) is 40.8 Å². The molecule has 15 heteroatoms. The zero-order chi connectivity index (χ0) is 99.1. The van der Waals surface area contributed by atoms with Gasteiger partial charge in [-0.25, -0.2) is 24.9 Å². The van der Waals surface area contributed by atoms with Crippen molar-refractivity contribution in [3.63, 3.8) is 0 Å². The molecule has 702 valence electrons. The Morgan fingerprint density at radius 3 is 0.953 bits per heavy atom. The summed E-state index contributed by atoms with van der Waals surface area (Å²) in [6.07, 6.45) is 0. The summed E-state index contributed by atoms with van der Waals surface area (Å²) in [6, 6.07) is 180. The predicted molar refractivity (Wildman–Crippen MR) is 617 cm³/mol. The van der Waals surface area contributed by atoms with Crippen LogP contribution in [0.25, 0.3) is 277 Å². The molecule has 0 bridgehead atoms. The average molecular weight is 1940 g/mol. The molecule has 0 fully saturated rings. The molecule has 0 aliphatic heterocycles. The first-order valence-electron chi connectivity index (χ1n) is 50.2. The fraction of sp³-hybridized carbons (Fsp3) is 0. The maximum atomic E-state index is 6.46. The zero-order valence-corrected chi connectivity index (χ0v) is 81.5. The number of para-hydroxylation sites is 7. The van der Waals surface area contributed by atoms with E-state index in [4.69, 9.17) is 49.3 Å². The van der Waals surface area contributed by atoms with Crippen LogP contribution in [0, 0.1) is 0 Å². The maximum absolute atomic E-state index is 6.46. The highest BCUT2D eigenvalue weighted by atomic mass is 32.1. The highest BCUT2D eigenvalue weighted by Gasteiger charge is 2.26. The monoisotopic (exact) mass is 1940 g/mol. The summed E-state index contributed by atoms with van der Waals surface area (Å²) in [7, 11) is 0. The van der Waals surface area contributed by atoms with E-state index in [1.807, 2.05) is 181 Å². The third-order valence-electron chi connectivity index (χ3n) is 28.5. The quantitative estimate of drug-likeness (QED) is 0.0971. The first-order chi connectivity index (χ1) is 74.3. The summed E-state index contributed by atoms with van der Waals surface area (Å²) in [4.78, 5) is 45.4. The van der Waals surface area contributed by atoms with E-state index < -0.39 is 0 Å². The van der Waals surface area contributed by atoms with E-state index in [1.54, 1.807) is 0 Å². The number of hydrogen-bond donors (Lipinski definition) is 0. The van der Waals surface area contributed by atoms with Crippen molar-refractivity contribution >= 4 is 141 Å². The molecular formula is C135H85N13OS. The number of rotatable bonds is 15. The van der Waals surface area contributed by atoms with Crippen LogP contribution in [-0.4, -0.2) is 63.1 Å². The van der Waals surface area contributed by atoms with E-state index >= 15 is 0 Å². The number of fused-ring (bicyclic) bond motifs is 18.